The highest BCUT2D eigenvalue weighted by molar-refractivity contribution is 8.00. The van der Waals surface area contributed by atoms with Crippen LogP contribution in [0.15, 0.2) is 22.5 Å². The van der Waals surface area contributed by atoms with Gasteiger partial charge in [-0.25, -0.2) is 4.98 Å². The van der Waals surface area contributed by atoms with Crippen LogP contribution in [-0.2, 0) is 0 Å². The van der Waals surface area contributed by atoms with Crippen LogP contribution in [-0.4, -0.2) is 24.3 Å². The van der Waals surface area contributed by atoms with Crippen LogP contribution in [0.2, 0.25) is 0 Å². The quantitative estimate of drug-likeness (QED) is 0.635. The van der Waals surface area contributed by atoms with E-state index < -0.39 is 0 Å². The fourth-order valence-electron chi connectivity index (χ4n) is 1.44. The molecule has 0 saturated heterocycles. The molecular formula is C11H15N3S2. The fourth-order valence-corrected chi connectivity index (χ4v) is 2.96. The minimum atomic E-state index is 0.729. The number of anilines is 1. The summed E-state index contributed by atoms with van der Waals surface area (Å²) in [5.74, 6) is 0. The van der Waals surface area contributed by atoms with E-state index in [1.54, 1.807) is 23.1 Å². The smallest absolute Gasteiger partial charge is 0.150 e. The number of aromatic nitrogens is 1. The Morgan fingerprint density at radius 3 is 3.12 bits per heavy atom. The van der Waals surface area contributed by atoms with Gasteiger partial charge < -0.3 is 11.1 Å². The Hall–Kier alpha value is -0.780. The molecule has 0 unspecified atom stereocenters. The van der Waals surface area contributed by atoms with Crippen LogP contribution in [0.4, 0.5) is 5.69 Å². The molecule has 1 aromatic carbocycles. The number of thioether (sulfide) groups is 1. The van der Waals surface area contributed by atoms with Crippen LogP contribution < -0.4 is 11.1 Å². The zero-order valence-corrected chi connectivity index (χ0v) is 10.8. The summed E-state index contributed by atoms with van der Waals surface area (Å²) in [4.78, 5) is 4.50. The average molecular weight is 253 g/mol. The summed E-state index contributed by atoms with van der Waals surface area (Å²) in [5.41, 5.74) is 7.69. The third-order valence-electron chi connectivity index (χ3n) is 2.25. The molecule has 0 radical (unpaired) electrons. The molecule has 1 heterocycles. The lowest BCUT2D eigenvalue weighted by molar-refractivity contribution is 0.874. The Bertz CT molecular complexity index is 467. The molecule has 3 N–H and O–H groups in total. The van der Waals surface area contributed by atoms with Crippen LogP contribution in [0.3, 0.4) is 0 Å². The summed E-state index contributed by atoms with van der Waals surface area (Å²) in [6.45, 7) is 1.66. The maximum atomic E-state index is 5.45. The Kier molecular flexibility index (Phi) is 4.04. The van der Waals surface area contributed by atoms with E-state index in [9.17, 15) is 0 Å². The minimum Gasteiger partial charge on any atom is -0.385 e. The van der Waals surface area contributed by atoms with Gasteiger partial charge in [0, 0.05) is 12.2 Å². The first-order valence-electron chi connectivity index (χ1n) is 5.22. The predicted molar refractivity (Wildman–Crippen MR) is 73.6 cm³/mol. The van der Waals surface area contributed by atoms with Gasteiger partial charge in [0.05, 0.1) is 10.2 Å². The average Bonchev–Trinajstić information content (AvgIpc) is 2.71. The summed E-state index contributed by atoms with van der Waals surface area (Å²) in [6.07, 6.45) is 3.05. The van der Waals surface area contributed by atoms with Crippen molar-refractivity contribution in [3.63, 3.8) is 0 Å². The van der Waals surface area contributed by atoms with Gasteiger partial charge in [0.1, 0.15) is 0 Å². The molecule has 86 valence electrons. The summed E-state index contributed by atoms with van der Waals surface area (Å²) >= 11 is 3.43. The molecule has 1 aromatic heterocycles. The molecule has 0 spiro atoms. The third-order valence-corrected chi connectivity index (χ3v) is 4.26. The lowest BCUT2D eigenvalue weighted by Gasteiger charge is -2.04. The number of rotatable bonds is 5. The minimum absolute atomic E-state index is 0.729. The highest BCUT2D eigenvalue weighted by Gasteiger charge is 2.03. The first-order valence-corrected chi connectivity index (χ1v) is 7.26. The largest absolute Gasteiger partial charge is 0.385 e. The molecule has 0 saturated carbocycles. The molecule has 2 aromatic rings. The monoisotopic (exact) mass is 253 g/mol. The van der Waals surface area contributed by atoms with E-state index >= 15 is 0 Å². The fraction of sp³-hybridized carbons (Fsp3) is 0.364. The van der Waals surface area contributed by atoms with Gasteiger partial charge in [-0.15, -0.1) is 11.3 Å². The number of hydrogen-bond acceptors (Lipinski definition) is 5. The molecule has 3 nitrogen and oxygen atoms in total. The van der Waals surface area contributed by atoms with Crippen molar-refractivity contribution in [3.8, 4) is 0 Å². The molecule has 0 aliphatic rings. The van der Waals surface area contributed by atoms with Crippen molar-refractivity contribution < 1.29 is 0 Å². The number of thiazole rings is 1. The van der Waals surface area contributed by atoms with Crippen LogP contribution in [0.1, 0.15) is 6.42 Å². The molecule has 0 amide bonds. The summed E-state index contributed by atoms with van der Waals surface area (Å²) < 4.78 is 2.36. The van der Waals surface area contributed by atoms with Gasteiger partial charge in [-0.3, -0.25) is 0 Å². The van der Waals surface area contributed by atoms with Gasteiger partial charge in [-0.05, 0) is 37.4 Å². The number of benzene rings is 1. The molecule has 0 atom stereocenters. The number of nitrogens with zero attached hydrogens (tertiary/aromatic N) is 1. The Morgan fingerprint density at radius 1 is 1.50 bits per heavy atom. The van der Waals surface area contributed by atoms with Crippen molar-refractivity contribution in [1.29, 1.82) is 0 Å². The Balaban J connectivity index is 2.15. The van der Waals surface area contributed by atoms with Gasteiger partial charge in [0.15, 0.2) is 4.34 Å². The highest BCUT2D eigenvalue weighted by Crippen LogP contribution is 2.29. The normalized spacial score (nSPS) is 10.9. The third kappa shape index (κ3) is 2.66. The van der Waals surface area contributed by atoms with Gasteiger partial charge in [-0.1, -0.05) is 11.8 Å². The van der Waals surface area contributed by atoms with E-state index in [-0.39, 0.29) is 0 Å². The molecule has 0 fully saturated rings. The SMILES string of the molecule is CSc1nc2ccc(NCCCN)cc2s1. The van der Waals surface area contributed by atoms with E-state index in [1.165, 1.54) is 4.70 Å². The Morgan fingerprint density at radius 2 is 2.38 bits per heavy atom. The second-order valence-corrected chi connectivity index (χ2v) is 5.52. The van der Waals surface area contributed by atoms with Crippen LogP contribution in [0.25, 0.3) is 10.2 Å². The predicted octanol–water partition coefficient (Wildman–Crippen LogP) is 2.78. The topological polar surface area (TPSA) is 50.9 Å². The first kappa shape index (κ1) is 11.7. The zero-order chi connectivity index (χ0) is 11.4. The second-order valence-electron chi connectivity index (χ2n) is 3.44. The molecule has 0 aliphatic carbocycles. The van der Waals surface area contributed by atoms with E-state index in [0.717, 1.165) is 35.1 Å². The zero-order valence-electron chi connectivity index (χ0n) is 9.19. The standard InChI is InChI=1S/C11H15N3S2/c1-15-11-14-9-4-3-8(7-10(9)16-11)13-6-2-5-12/h3-4,7,13H,2,5-6,12H2,1H3. The van der Waals surface area contributed by atoms with Crippen molar-refractivity contribution in [2.24, 2.45) is 5.73 Å². The van der Waals surface area contributed by atoms with Crippen LogP contribution in [0, 0.1) is 0 Å². The lowest BCUT2D eigenvalue weighted by atomic mass is 10.3. The molecule has 16 heavy (non-hydrogen) atoms. The summed E-state index contributed by atoms with van der Waals surface area (Å²) in [7, 11) is 0. The Labute approximate surface area is 103 Å². The van der Waals surface area contributed by atoms with Gasteiger partial charge in [-0.2, -0.15) is 0 Å². The van der Waals surface area contributed by atoms with Crippen LogP contribution in [0.5, 0.6) is 0 Å². The van der Waals surface area contributed by atoms with Crippen LogP contribution >= 0.6 is 23.1 Å². The molecule has 5 heteroatoms. The summed E-state index contributed by atoms with van der Waals surface area (Å²) in [5, 5.41) is 3.36. The maximum absolute atomic E-state index is 5.45. The number of fused-ring (bicyclic) bond motifs is 1. The number of nitrogens with one attached hydrogen (secondary N) is 1. The van der Waals surface area contributed by atoms with E-state index in [1.807, 2.05) is 0 Å². The second kappa shape index (κ2) is 5.52. The van der Waals surface area contributed by atoms with E-state index in [0.29, 0.717) is 0 Å². The van der Waals surface area contributed by atoms with E-state index in [4.69, 9.17) is 5.73 Å². The lowest BCUT2D eigenvalue weighted by Crippen LogP contribution is -2.08. The first-order chi connectivity index (χ1) is 7.83. The molecule has 2 rings (SSSR count). The summed E-state index contributed by atoms with van der Waals surface area (Å²) in [6, 6.07) is 6.29. The maximum Gasteiger partial charge on any atom is 0.150 e. The molecule has 0 aliphatic heterocycles. The van der Waals surface area contributed by atoms with Gasteiger partial charge in [0.25, 0.3) is 0 Å². The number of nitrogens with two attached hydrogens (primary N) is 1. The van der Waals surface area contributed by atoms with Crippen molar-refractivity contribution in [2.75, 3.05) is 24.7 Å². The molecular weight excluding hydrogens is 238 g/mol. The molecule has 0 bridgehead atoms. The van der Waals surface area contributed by atoms with Crippen molar-refractivity contribution in [2.45, 2.75) is 10.8 Å². The van der Waals surface area contributed by atoms with Crippen molar-refractivity contribution in [3.05, 3.63) is 18.2 Å². The van der Waals surface area contributed by atoms with Crippen molar-refractivity contribution >= 4 is 39.0 Å². The van der Waals surface area contributed by atoms with Gasteiger partial charge in [0.2, 0.25) is 0 Å². The van der Waals surface area contributed by atoms with E-state index in [2.05, 4.69) is 34.8 Å². The van der Waals surface area contributed by atoms with Gasteiger partial charge >= 0.3 is 0 Å². The highest BCUT2D eigenvalue weighted by atomic mass is 32.2. The number of hydrogen-bond donors (Lipinski definition) is 2. The van der Waals surface area contributed by atoms with Crippen molar-refractivity contribution in [1.82, 2.24) is 4.98 Å².